The second-order valence-corrected chi connectivity index (χ2v) is 13.8. The molecule has 4 aromatic carbocycles. The first kappa shape index (κ1) is 44.2. The molecule has 4 aromatic rings. The first-order chi connectivity index (χ1) is 28.2. The number of benzene rings is 4. The minimum atomic E-state index is -0.884. The molecule has 0 fully saturated rings. The summed E-state index contributed by atoms with van der Waals surface area (Å²) in [4.78, 5) is 68.1. The molecule has 58 heavy (non-hydrogen) atoms. The van der Waals surface area contributed by atoms with Crippen molar-refractivity contribution in [3.05, 3.63) is 138 Å². The molecule has 0 aliphatic heterocycles. The van der Waals surface area contributed by atoms with Gasteiger partial charge in [0, 0.05) is 32.5 Å². The van der Waals surface area contributed by atoms with Gasteiger partial charge in [-0.1, -0.05) is 116 Å². The van der Waals surface area contributed by atoms with Crippen molar-refractivity contribution in [2.45, 2.75) is 82.9 Å². The second-order valence-electron chi connectivity index (χ2n) is 13.8. The minimum Gasteiger partial charge on any atom is -0.508 e. The molecule has 13 heteroatoms. The normalized spacial score (nSPS) is 11.6. The van der Waals surface area contributed by atoms with Gasteiger partial charge in [-0.2, -0.15) is 0 Å². The van der Waals surface area contributed by atoms with Gasteiger partial charge in [0.2, 0.25) is 23.6 Å². The summed E-state index contributed by atoms with van der Waals surface area (Å²) < 4.78 is 5.21. The highest BCUT2D eigenvalue weighted by Crippen LogP contribution is 2.25. The van der Waals surface area contributed by atoms with Crippen molar-refractivity contribution in [3.63, 3.8) is 0 Å². The molecule has 4 rings (SSSR count). The number of aliphatic imine (C=N–C) groups is 1. The number of nitrogens with zero attached hydrogens (tertiary/aromatic N) is 1. The Morgan fingerprint density at radius 2 is 1.22 bits per heavy atom. The average Bonchev–Trinajstić information content (AvgIpc) is 3.23. The summed E-state index contributed by atoms with van der Waals surface area (Å²) in [6.45, 7) is 0.830. The van der Waals surface area contributed by atoms with E-state index in [1.54, 1.807) is 12.1 Å². The van der Waals surface area contributed by atoms with Crippen LogP contribution in [0.3, 0.4) is 0 Å². The molecule has 0 heterocycles. The topological polar surface area (TPSA) is 201 Å². The van der Waals surface area contributed by atoms with Crippen LogP contribution in [0.15, 0.2) is 120 Å². The van der Waals surface area contributed by atoms with E-state index >= 15 is 0 Å². The zero-order chi connectivity index (χ0) is 41.4. The Morgan fingerprint density at radius 3 is 1.84 bits per heavy atom. The van der Waals surface area contributed by atoms with E-state index in [-0.39, 0.29) is 86.8 Å². The Kier molecular flexibility index (Phi) is 19.0. The van der Waals surface area contributed by atoms with Gasteiger partial charge in [0.05, 0.1) is 12.3 Å². The quantitative estimate of drug-likeness (QED) is 0.0257. The van der Waals surface area contributed by atoms with E-state index in [1.807, 2.05) is 91.0 Å². The number of nitrogens with one attached hydrogen (secondary N) is 4. The number of hydrogen-bond donors (Lipinski definition) is 6. The van der Waals surface area contributed by atoms with Crippen LogP contribution in [-0.2, 0) is 41.9 Å². The molecule has 0 saturated carbocycles. The number of esters is 1. The fourth-order valence-corrected chi connectivity index (χ4v) is 6.10. The van der Waals surface area contributed by atoms with Crippen LogP contribution in [0, 0.1) is 0 Å². The highest BCUT2D eigenvalue weighted by atomic mass is 16.5. The number of phenolic OH excluding ortho intramolecular Hbond substituents is 1. The lowest BCUT2D eigenvalue weighted by molar-refractivity contribution is -0.144. The van der Waals surface area contributed by atoms with Crippen LogP contribution in [-0.4, -0.2) is 59.8 Å². The van der Waals surface area contributed by atoms with E-state index in [4.69, 9.17) is 10.5 Å². The van der Waals surface area contributed by atoms with Gasteiger partial charge in [0.15, 0.2) is 5.96 Å². The number of amides is 4. The lowest BCUT2D eigenvalue weighted by Crippen LogP contribution is -2.48. The molecule has 13 nitrogen and oxygen atoms in total. The van der Waals surface area contributed by atoms with E-state index in [9.17, 15) is 29.1 Å². The fourth-order valence-electron chi connectivity index (χ4n) is 6.10. The molecule has 0 radical (unpaired) electrons. The van der Waals surface area contributed by atoms with E-state index in [0.717, 1.165) is 35.1 Å². The maximum absolute atomic E-state index is 13.9. The van der Waals surface area contributed by atoms with Crippen molar-refractivity contribution >= 4 is 35.6 Å². The zero-order valence-corrected chi connectivity index (χ0v) is 32.7. The molecule has 0 unspecified atom stereocenters. The van der Waals surface area contributed by atoms with Gasteiger partial charge in [-0.15, -0.1) is 0 Å². The van der Waals surface area contributed by atoms with Crippen molar-refractivity contribution in [1.82, 2.24) is 21.3 Å². The number of phenols is 1. The Bertz CT molecular complexity index is 1870. The summed E-state index contributed by atoms with van der Waals surface area (Å²) in [7, 11) is 0. The van der Waals surface area contributed by atoms with Crippen LogP contribution in [0.1, 0.15) is 86.0 Å². The SMILES string of the molecule is NC(=NCCC[C@@H](NC(=O)C(c1ccccc1)c1ccccc1)C(=O)NCc1ccc(O)cc1)NC(=O)CCCCCCC(=O)NCCC(=O)OCc1ccccc1. The van der Waals surface area contributed by atoms with E-state index in [2.05, 4.69) is 26.3 Å². The van der Waals surface area contributed by atoms with Crippen molar-refractivity contribution < 1.29 is 33.8 Å². The summed E-state index contributed by atoms with van der Waals surface area (Å²) in [5, 5.41) is 20.8. The third-order valence-corrected chi connectivity index (χ3v) is 9.22. The molecule has 4 amide bonds. The van der Waals surface area contributed by atoms with Gasteiger partial charge in [0.1, 0.15) is 18.4 Å². The lowest BCUT2D eigenvalue weighted by Gasteiger charge is -2.23. The van der Waals surface area contributed by atoms with Crippen LogP contribution >= 0.6 is 0 Å². The highest BCUT2D eigenvalue weighted by Gasteiger charge is 2.27. The highest BCUT2D eigenvalue weighted by molar-refractivity contribution is 5.96. The standard InChI is InChI=1S/C45H54N6O7/c46-45(51-40(54)23-13-2-1-12-22-39(53)47-30-28-41(55)58-32-34-15-6-3-7-16-34)48-29-14-21-38(43(56)49-31-33-24-26-37(52)27-25-33)50-44(57)42(35-17-8-4-9-18-35)36-19-10-5-11-20-36/h3-11,15-20,24-27,38,42,52H,1-2,12-14,21-23,28-32H2,(H,47,53)(H,49,56)(H,50,57)(H3,46,48,51,54)/t38-/m1/s1. The number of nitrogens with two attached hydrogens (primary N) is 1. The molecule has 0 aromatic heterocycles. The predicted molar refractivity (Wildman–Crippen MR) is 222 cm³/mol. The molecule has 7 N–H and O–H groups in total. The molecule has 0 spiro atoms. The molecule has 0 saturated heterocycles. The largest absolute Gasteiger partial charge is 0.508 e. The molecule has 0 aliphatic rings. The number of carbonyl (C=O) groups excluding carboxylic acids is 5. The number of carbonyl (C=O) groups is 5. The van der Waals surface area contributed by atoms with Crippen LogP contribution in [0.4, 0.5) is 0 Å². The summed E-state index contributed by atoms with van der Waals surface area (Å²) in [5.74, 6) is -2.03. The number of rotatable bonds is 23. The van der Waals surface area contributed by atoms with Crippen molar-refractivity contribution in [3.8, 4) is 5.75 Å². The van der Waals surface area contributed by atoms with Crippen molar-refractivity contribution in [2.24, 2.45) is 10.7 Å². The minimum absolute atomic E-state index is 0.0313. The Hall–Kier alpha value is -6.50. The zero-order valence-electron chi connectivity index (χ0n) is 32.7. The number of ether oxygens (including phenoxy) is 1. The van der Waals surface area contributed by atoms with Crippen molar-refractivity contribution in [1.29, 1.82) is 0 Å². The Balaban J connectivity index is 1.16. The molecular weight excluding hydrogens is 737 g/mol. The van der Waals surface area contributed by atoms with Gasteiger partial charge >= 0.3 is 5.97 Å². The Morgan fingerprint density at radius 1 is 0.638 bits per heavy atom. The average molecular weight is 791 g/mol. The maximum atomic E-state index is 13.9. The first-order valence-corrected chi connectivity index (χ1v) is 19.7. The van der Waals surface area contributed by atoms with E-state index < -0.39 is 12.0 Å². The fraction of sp³-hybridized carbons (Fsp3) is 0.333. The third kappa shape index (κ3) is 16.7. The smallest absolute Gasteiger partial charge is 0.307 e. The predicted octanol–water partition coefficient (Wildman–Crippen LogP) is 5.13. The van der Waals surface area contributed by atoms with Gasteiger partial charge in [-0.05, 0) is 60.1 Å². The summed E-state index contributed by atoms with van der Waals surface area (Å²) >= 11 is 0. The van der Waals surface area contributed by atoms with Gasteiger partial charge in [0.25, 0.3) is 0 Å². The summed E-state index contributed by atoms with van der Waals surface area (Å²) in [6.07, 6.45) is 4.11. The first-order valence-electron chi connectivity index (χ1n) is 19.7. The second kappa shape index (κ2) is 24.9. The van der Waals surface area contributed by atoms with E-state index in [1.165, 1.54) is 12.1 Å². The van der Waals surface area contributed by atoms with Crippen LogP contribution in [0.25, 0.3) is 0 Å². The van der Waals surface area contributed by atoms with Crippen LogP contribution < -0.4 is 27.0 Å². The maximum Gasteiger partial charge on any atom is 0.307 e. The van der Waals surface area contributed by atoms with Crippen LogP contribution in [0.5, 0.6) is 5.75 Å². The lowest BCUT2D eigenvalue weighted by atomic mass is 9.90. The molecule has 0 aliphatic carbocycles. The number of unbranched alkanes of at least 4 members (excludes halogenated alkanes) is 3. The van der Waals surface area contributed by atoms with Gasteiger partial charge in [-0.3, -0.25) is 34.3 Å². The number of aromatic hydroxyl groups is 1. The van der Waals surface area contributed by atoms with Crippen LogP contribution in [0.2, 0.25) is 0 Å². The van der Waals surface area contributed by atoms with Gasteiger partial charge < -0.3 is 31.5 Å². The molecule has 0 bridgehead atoms. The van der Waals surface area contributed by atoms with Crippen molar-refractivity contribution in [2.75, 3.05) is 13.1 Å². The molecule has 1 atom stereocenters. The summed E-state index contributed by atoms with van der Waals surface area (Å²) in [5.41, 5.74) is 9.25. The summed E-state index contributed by atoms with van der Waals surface area (Å²) in [6, 6.07) is 33.7. The molecular formula is C45H54N6O7. The Labute approximate surface area is 339 Å². The number of guanidine groups is 1. The van der Waals surface area contributed by atoms with Gasteiger partial charge in [-0.25, -0.2) is 0 Å². The third-order valence-electron chi connectivity index (χ3n) is 9.22. The van der Waals surface area contributed by atoms with E-state index in [0.29, 0.717) is 25.7 Å². The number of hydrogen-bond acceptors (Lipinski definition) is 8. The monoisotopic (exact) mass is 790 g/mol. The molecule has 306 valence electrons.